The Morgan fingerprint density at radius 1 is 0.707 bits per heavy atom. The first kappa shape index (κ1) is 42.2. The van der Waals surface area contributed by atoms with Crippen molar-refractivity contribution in [3.8, 4) is 0 Å². The smallest absolute Gasteiger partial charge is 0.410 e. The topological polar surface area (TPSA) is 152 Å². The van der Waals surface area contributed by atoms with Crippen LogP contribution >= 0.6 is 0 Å². The highest BCUT2D eigenvalue weighted by Crippen LogP contribution is 2.44. The first-order chi connectivity index (χ1) is 27.9. The fourth-order valence-electron chi connectivity index (χ4n) is 9.40. The highest BCUT2D eigenvalue weighted by atomic mass is 16.8. The molecule has 7 rings (SSSR count). The van der Waals surface area contributed by atoms with Gasteiger partial charge in [0.05, 0.1) is 24.4 Å². The van der Waals surface area contributed by atoms with E-state index in [4.69, 9.17) is 37.9 Å². The Morgan fingerprint density at radius 2 is 1.34 bits per heavy atom. The van der Waals surface area contributed by atoms with Crippen LogP contribution in [0.4, 0.5) is 14.4 Å². The summed E-state index contributed by atoms with van der Waals surface area (Å²) in [5.74, 6) is 0.615. The van der Waals surface area contributed by atoms with Gasteiger partial charge in [-0.25, -0.2) is 14.4 Å². The number of rotatable bonds is 11. The molecule has 2 N–H and O–H groups in total. The van der Waals surface area contributed by atoms with E-state index in [9.17, 15) is 14.4 Å². The summed E-state index contributed by atoms with van der Waals surface area (Å²) in [6.45, 7) is 13.0. The predicted molar refractivity (Wildman–Crippen MR) is 211 cm³/mol. The summed E-state index contributed by atoms with van der Waals surface area (Å²) in [4.78, 5) is 40.9. The Labute approximate surface area is 341 Å². The van der Waals surface area contributed by atoms with Gasteiger partial charge in [0.1, 0.15) is 25.4 Å². The van der Waals surface area contributed by atoms with E-state index in [1.54, 1.807) is 7.05 Å². The molecule has 318 valence electrons. The first-order valence-electron chi connectivity index (χ1n) is 21.0. The van der Waals surface area contributed by atoms with Gasteiger partial charge < -0.3 is 48.5 Å². The molecule has 1 saturated carbocycles. The zero-order valence-electron chi connectivity index (χ0n) is 34.7. The molecule has 5 fully saturated rings. The number of likely N-dealkylation sites (N-methyl/N-ethyl adjacent to an activating group) is 1. The minimum Gasteiger partial charge on any atom is -0.445 e. The van der Waals surface area contributed by atoms with Crippen LogP contribution in [0, 0.1) is 29.6 Å². The second kappa shape index (κ2) is 18.5. The largest absolute Gasteiger partial charge is 0.445 e. The average molecular weight is 808 g/mol. The van der Waals surface area contributed by atoms with Crippen LogP contribution < -0.4 is 10.6 Å². The molecule has 16 atom stereocenters. The maximum Gasteiger partial charge on any atom is 0.410 e. The zero-order chi connectivity index (χ0) is 41.1. The lowest BCUT2D eigenvalue weighted by molar-refractivity contribution is -0.369. The maximum absolute atomic E-state index is 13.3. The van der Waals surface area contributed by atoms with Crippen molar-refractivity contribution in [1.82, 2.24) is 15.5 Å². The van der Waals surface area contributed by atoms with Crippen LogP contribution in [0.5, 0.6) is 0 Å². The van der Waals surface area contributed by atoms with E-state index in [0.29, 0.717) is 31.1 Å². The lowest BCUT2D eigenvalue weighted by atomic mass is 9.78. The van der Waals surface area contributed by atoms with Crippen LogP contribution in [-0.2, 0) is 51.1 Å². The minimum atomic E-state index is -0.779. The monoisotopic (exact) mass is 807 g/mol. The second-order valence-corrected chi connectivity index (χ2v) is 17.1. The number of ether oxygens (including phenoxy) is 8. The molecule has 58 heavy (non-hydrogen) atoms. The Kier molecular flexibility index (Phi) is 13.5. The van der Waals surface area contributed by atoms with Crippen molar-refractivity contribution in [2.75, 3.05) is 7.05 Å². The van der Waals surface area contributed by atoms with Gasteiger partial charge in [-0.1, -0.05) is 102 Å². The second-order valence-electron chi connectivity index (χ2n) is 17.1. The quantitative estimate of drug-likeness (QED) is 0.232. The summed E-state index contributed by atoms with van der Waals surface area (Å²) in [5, 5.41) is 6.04. The molecule has 0 bridgehead atoms. The molecule has 8 unspecified atom stereocenters. The summed E-state index contributed by atoms with van der Waals surface area (Å²) >= 11 is 0. The highest BCUT2D eigenvalue weighted by Gasteiger charge is 2.60. The molecular weight excluding hydrogens is 746 g/mol. The van der Waals surface area contributed by atoms with E-state index >= 15 is 0 Å². The number of carbonyl (C=O) groups is 3. The Bertz CT molecular complexity index is 1680. The molecule has 2 aromatic carbocycles. The Hall–Kier alpha value is -3.95. The number of carbonyl (C=O) groups excluding carboxylic acids is 3. The third-order valence-corrected chi connectivity index (χ3v) is 13.1. The van der Waals surface area contributed by atoms with E-state index in [1.807, 2.05) is 74.5 Å². The number of benzene rings is 2. The van der Waals surface area contributed by atoms with Crippen molar-refractivity contribution in [1.29, 1.82) is 0 Å². The number of alkyl carbamates (subject to hydrolysis) is 2. The minimum absolute atomic E-state index is 0.0594. The van der Waals surface area contributed by atoms with Gasteiger partial charge in [-0.2, -0.15) is 0 Å². The van der Waals surface area contributed by atoms with Gasteiger partial charge >= 0.3 is 18.3 Å². The Balaban J connectivity index is 1.03. The lowest BCUT2D eigenvalue weighted by Crippen LogP contribution is -2.65. The van der Waals surface area contributed by atoms with Crippen LogP contribution in [-0.4, -0.2) is 97.7 Å². The van der Waals surface area contributed by atoms with Gasteiger partial charge in [0.25, 0.3) is 0 Å². The number of nitrogens with one attached hydrogen (secondary N) is 2. The molecule has 4 heterocycles. The molecular formula is C44H61N3O11. The molecule has 2 aromatic rings. The van der Waals surface area contributed by atoms with E-state index in [2.05, 4.69) is 38.3 Å². The van der Waals surface area contributed by atoms with Crippen molar-refractivity contribution < 1.29 is 52.3 Å². The van der Waals surface area contributed by atoms with Gasteiger partial charge in [0.15, 0.2) is 25.0 Å². The number of hydrogen-bond acceptors (Lipinski definition) is 11. The number of amides is 3. The van der Waals surface area contributed by atoms with Crippen LogP contribution in [0.1, 0.15) is 78.4 Å². The molecule has 4 aliphatic heterocycles. The maximum atomic E-state index is 13.3. The van der Waals surface area contributed by atoms with Crippen molar-refractivity contribution in [2.45, 2.75) is 148 Å². The molecule has 14 nitrogen and oxygen atoms in total. The SMILES string of the molecule is CCC1O[C@H](OC2O[C@H]3CC(C)[C@@H](O[C@@H]4C(NC(=O)OCc5ccccc5)C[C@@H](NC(=O)OCc5ccccc5)C[C@H]4C)OC3C3OC(=O)N(C)C23)C(C)[C@@H](C)[C@@H]1C. The third-order valence-electron chi connectivity index (χ3n) is 13.1. The van der Waals surface area contributed by atoms with Crippen molar-refractivity contribution in [3.63, 3.8) is 0 Å². The lowest BCUT2D eigenvalue weighted by Gasteiger charge is -2.51. The summed E-state index contributed by atoms with van der Waals surface area (Å²) in [6.07, 6.45) is -3.39. The standard InChI is InChI=1S/C44H61N3O11/c1-8-33-27(5)26(4)28(6)40(53-33)58-41-35-38(57-44(50)47(35)7)37-34(54-41)20-25(3)39(56-37)55-36-24(2)19-31(45-42(48)51-22-29-15-11-9-12-16-29)21-32(36)46-43(49)52-23-30-17-13-10-14-18-30/h9-18,24-28,31-41H,8,19-23H2,1-7H3,(H,45,48)(H,46,49)/t24-,25?,26+,27+,28?,31+,32?,33?,34+,35?,36+,37?,38?,39+,40-,41?/m1/s1. The van der Waals surface area contributed by atoms with Gasteiger partial charge in [-0.15, -0.1) is 0 Å². The van der Waals surface area contributed by atoms with E-state index in [-0.39, 0.29) is 43.1 Å². The van der Waals surface area contributed by atoms with E-state index < -0.39 is 73.6 Å². The van der Waals surface area contributed by atoms with Crippen molar-refractivity contribution in [2.24, 2.45) is 29.6 Å². The van der Waals surface area contributed by atoms with E-state index in [1.165, 1.54) is 4.90 Å². The molecule has 0 aromatic heterocycles. The summed E-state index contributed by atoms with van der Waals surface area (Å²) < 4.78 is 50.6. The molecule has 14 heteroatoms. The molecule has 5 aliphatic rings. The van der Waals surface area contributed by atoms with Crippen LogP contribution in [0.15, 0.2) is 60.7 Å². The Morgan fingerprint density at radius 3 is 1.98 bits per heavy atom. The van der Waals surface area contributed by atoms with Crippen molar-refractivity contribution in [3.05, 3.63) is 71.8 Å². The fraction of sp³-hybridized carbons (Fsp3) is 0.659. The molecule has 1 aliphatic carbocycles. The number of hydrogen-bond donors (Lipinski definition) is 2. The molecule has 4 saturated heterocycles. The van der Waals surface area contributed by atoms with Crippen LogP contribution in [0.25, 0.3) is 0 Å². The van der Waals surface area contributed by atoms with Gasteiger partial charge in [-0.05, 0) is 54.6 Å². The van der Waals surface area contributed by atoms with E-state index in [0.717, 1.165) is 17.5 Å². The average Bonchev–Trinajstić information content (AvgIpc) is 3.52. The van der Waals surface area contributed by atoms with Crippen molar-refractivity contribution >= 4 is 18.3 Å². The van der Waals surface area contributed by atoms with Gasteiger partial charge in [0, 0.05) is 24.9 Å². The normalized spacial score (nSPS) is 38.5. The molecule has 3 amide bonds. The first-order valence-corrected chi connectivity index (χ1v) is 21.0. The predicted octanol–water partition coefficient (Wildman–Crippen LogP) is 6.75. The van der Waals surface area contributed by atoms with Gasteiger partial charge in [0.2, 0.25) is 0 Å². The summed E-state index contributed by atoms with van der Waals surface area (Å²) in [5.41, 5.74) is 1.74. The molecule has 0 spiro atoms. The zero-order valence-corrected chi connectivity index (χ0v) is 34.7. The fourth-order valence-corrected chi connectivity index (χ4v) is 9.40. The third kappa shape index (κ3) is 9.41. The molecule has 0 radical (unpaired) electrons. The summed E-state index contributed by atoms with van der Waals surface area (Å²) in [7, 11) is 1.69. The number of fused-ring (bicyclic) bond motifs is 3. The van der Waals surface area contributed by atoms with Gasteiger partial charge in [-0.3, -0.25) is 4.90 Å². The number of nitrogens with zero attached hydrogens (tertiary/aromatic N) is 1. The summed E-state index contributed by atoms with van der Waals surface area (Å²) in [6, 6.07) is 17.5. The van der Waals surface area contributed by atoms with Crippen LogP contribution in [0.2, 0.25) is 0 Å². The van der Waals surface area contributed by atoms with Crippen LogP contribution in [0.3, 0.4) is 0 Å². The highest BCUT2D eigenvalue weighted by molar-refractivity contribution is 5.71.